The lowest BCUT2D eigenvalue weighted by Gasteiger charge is -2.37. The van der Waals surface area contributed by atoms with Crippen molar-refractivity contribution in [2.45, 2.75) is 37.6 Å². The minimum absolute atomic E-state index is 0.0940. The second-order valence-corrected chi connectivity index (χ2v) is 11.9. The molecule has 1 atom stereocenters. The third kappa shape index (κ3) is 4.74. The Hall–Kier alpha value is -2.69. The van der Waals surface area contributed by atoms with Crippen LogP contribution in [0, 0.1) is 6.92 Å². The van der Waals surface area contributed by atoms with Crippen molar-refractivity contribution in [3.63, 3.8) is 0 Å². The van der Waals surface area contributed by atoms with Crippen LogP contribution in [-0.4, -0.2) is 73.9 Å². The minimum atomic E-state index is -3.71. The smallest absolute Gasteiger partial charge is 0.243 e. The molecule has 5 rings (SSSR count). The SMILES string of the molecule is CCOc1ccc2nc(N3CCN(C(=O)C4CCCN4S(=O)(=O)c4ccc(C)cc4)CC3)sc2c1. The standard InChI is InChI=1S/C25H30N4O4S2/c1-3-33-19-8-11-21-23(17-19)34-25(26-21)28-15-13-27(14-16-28)24(30)22-5-4-12-29(22)35(31,32)20-9-6-18(2)7-10-20/h6-11,17,22H,3-5,12-16H2,1-2H3. The Kier molecular flexibility index (Phi) is 6.69. The van der Waals surface area contributed by atoms with E-state index in [1.165, 1.54) is 4.31 Å². The number of carbonyl (C=O) groups is 1. The maximum atomic E-state index is 13.4. The fraction of sp³-hybridized carbons (Fsp3) is 0.440. The first kappa shape index (κ1) is 24.0. The molecule has 0 radical (unpaired) electrons. The van der Waals surface area contributed by atoms with Gasteiger partial charge in [-0.1, -0.05) is 29.0 Å². The Morgan fingerprint density at radius 3 is 2.54 bits per heavy atom. The number of thiazole rings is 1. The van der Waals surface area contributed by atoms with E-state index < -0.39 is 16.1 Å². The van der Waals surface area contributed by atoms with E-state index in [0.717, 1.165) is 26.7 Å². The highest BCUT2D eigenvalue weighted by atomic mass is 32.2. The van der Waals surface area contributed by atoms with Crippen LogP contribution in [0.15, 0.2) is 47.4 Å². The number of fused-ring (bicyclic) bond motifs is 1. The average molecular weight is 515 g/mol. The van der Waals surface area contributed by atoms with Crippen LogP contribution in [0.2, 0.25) is 0 Å². The summed E-state index contributed by atoms with van der Waals surface area (Å²) >= 11 is 1.62. The molecule has 35 heavy (non-hydrogen) atoms. The summed E-state index contributed by atoms with van der Waals surface area (Å²) in [5.41, 5.74) is 1.94. The van der Waals surface area contributed by atoms with Crippen LogP contribution in [0.3, 0.4) is 0 Å². The predicted octanol–water partition coefficient (Wildman–Crippen LogP) is 3.51. The van der Waals surface area contributed by atoms with Gasteiger partial charge in [0.1, 0.15) is 11.8 Å². The number of aryl methyl sites for hydroxylation is 1. The molecule has 0 N–H and O–H groups in total. The van der Waals surface area contributed by atoms with Gasteiger partial charge in [-0.25, -0.2) is 13.4 Å². The molecule has 0 bridgehead atoms. The molecule has 2 fully saturated rings. The van der Waals surface area contributed by atoms with Gasteiger partial charge in [-0.2, -0.15) is 4.31 Å². The van der Waals surface area contributed by atoms with Crippen LogP contribution in [-0.2, 0) is 14.8 Å². The van der Waals surface area contributed by atoms with Crippen LogP contribution in [0.1, 0.15) is 25.3 Å². The second kappa shape index (κ2) is 9.75. The number of carbonyl (C=O) groups excluding carboxylic acids is 1. The topological polar surface area (TPSA) is 83.1 Å². The summed E-state index contributed by atoms with van der Waals surface area (Å²) in [6.07, 6.45) is 1.25. The van der Waals surface area contributed by atoms with Gasteiger partial charge in [0.15, 0.2) is 5.13 Å². The van der Waals surface area contributed by atoms with E-state index >= 15 is 0 Å². The molecule has 2 aliphatic rings. The van der Waals surface area contributed by atoms with Crippen molar-refractivity contribution < 1.29 is 17.9 Å². The van der Waals surface area contributed by atoms with Crippen molar-refractivity contribution in [1.29, 1.82) is 0 Å². The van der Waals surface area contributed by atoms with Gasteiger partial charge in [0.2, 0.25) is 15.9 Å². The molecule has 0 spiro atoms. The molecule has 2 aliphatic heterocycles. The van der Waals surface area contributed by atoms with E-state index in [2.05, 4.69) is 4.90 Å². The van der Waals surface area contributed by atoms with Crippen LogP contribution in [0.4, 0.5) is 5.13 Å². The van der Waals surface area contributed by atoms with Crippen molar-refractivity contribution in [3.8, 4) is 5.75 Å². The number of amides is 1. The van der Waals surface area contributed by atoms with Crippen molar-refractivity contribution in [3.05, 3.63) is 48.0 Å². The van der Waals surface area contributed by atoms with Crippen molar-refractivity contribution >= 4 is 42.6 Å². The Bertz CT molecular complexity index is 1310. The zero-order valence-corrected chi connectivity index (χ0v) is 21.6. The number of hydrogen-bond donors (Lipinski definition) is 0. The van der Waals surface area contributed by atoms with Gasteiger partial charge in [-0.3, -0.25) is 4.79 Å². The molecule has 1 aromatic heterocycles. The van der Waals surface area contributed by atoms with Gasteiger partial charge in [-0.15, -0.1) is 0 Å². The normalized spacial score (nSPS) is 19.4. The fourth-order valence-electron chi connectivity index (χ4n) is 4.73. The molecule has 186 valence electrons. The molecule has 10 heteroatoms. The van der Waals surface area contributed by atoms with Gasteiger partial charge in [-0.05, 0) is 57.0 Å². The Morgan fingerprint density at radius 1 is 1.09 bits per heavy atom. The monoisotopic (exact) mass is 514 g/mol. The molecule has 2 saturated heterocycles. The van der Waals surface area contributed by atoms with E-state index in [9.17, 15) is 13.2 Å². The lowest BCUT2D eigenvalue weighted by atomic mass is 10.2. The van der Waals surface area contributed by atoms with Crippen LogP contribution >= 0.6 is 11.3 Å². The number of benzene rings is 2. The van der Waals surface area contributed by atoms with Crippen molar-refractivity contribution in [2.24, 2.45) is 0 Å². The average Bonchev–Trinajstić information content (AvgIpc) is 3.52. The Balaban J connectivity index is 1.25. The van der Waals surface area contributed by atoms with Crippen LogP contribution in [0.5, 0.6) is 5.75 Å². The number of piperazine rings is 1. The van der Waals surface area contributed by atoms with E-state index in [-0.39, 0.29) is 10.8 Å². The Labute approximate surface area is 210 Å². The van der Waals surface area contributed by atoms with Crippen LogP contribution < -0.4 is 9.64 Å². The quantitative estimate of drug-likeness (QED) is 0.501. The van der Waals surface area contributed by atoms with Crippen LogP contribution in [0.25, 0.3) is 10.2 Å². The largest absolute Gasteiger partial charge is 0.494 e. The zero-order chi connectivity index (χ0) is 24.6. The third-order valence-electron chi connectivity index (χ3n) is 6.64. The van der Waals surface area contributed by atoms with E-state index in [4.69, 9.17) is 9.72 Å². The van der Waals surface area contributed by atoms with Gasteiger partial charge in [0.05, 0.1) is 21.7 Å². The summed E-state index contributed by atoms with van der Waals surface area (Å²) in [5, 5.41) is 0.935. The number of hydrogen-bond acceptors (Lipinski definition) is 7. The predicted molar refractivity (Wildman–Crippen MR) is 138 cm³/mol. The number of sulfonamides is 1. The van der Waals surface area contributed by atoms with Crippen molar-refractivity contribution in [2.75, 3.05) is 44.2 Å². The highest BCUT2D eigenvalue weighted by Gasteiger charge is 2.41. The van der Waals surface area contributed by atoms with E-state index in [1.54, 1.807) is 35.6 Å². The summed E-state index contributed by atoms with van der Waals surface area (Å²) in [6.45, 7) is 7.32. The van der Waals surface area contributed by atoms with E-state index in [1.807, 2.05) is 36.9 Å². The maximum Gasteiger partial charge on any atom is 0.243 e. The number of ether oxygens (including phenoxy) is 1. The number of aromatic nitrogens is 1. The molecule has 3 heterocycles. The first-order valence-corrected chi connectivity index (χ1v) is 14.3. The molecule has 0 aliphatic carbocycles. The molecular weight excluding hydrogens is 484 g/mol. The Morgan fingerprint density at radius 2 is 1.83 bits per heavy atom. The molecule has 2 aromatic carbocycles. The third-order valence-corrected chi connectivity index (χ3v) is 9.64. The highest BCUT2D eigenvalue weighted by Crippen LogP contribution is 2.33. The van der Waals surface area contributed by atoms with E-state index in [0.29, 0.717) is 52.2 Å². The molecule has 0 saturated carbocycles. The number of anilines is 1. The summed E-state index contributed by atoms with van der Waals surface area (Å²) in [7, 11) is -3.71. The summed E-state index contributed by atoms with van der Waals surface area (Å²) in [5.74, 6) is 0.746. The van der Waals surface area contributed by atoms with Gasteiger partial charge in [0, 0.05) is 32.7 Å². The summed E-state index contributed by atoms with van der Waals surface area (Å²) in [6, 6.07) is 12.1. The lowest BCUT2D eigenvalue weighted by molar-refractivity contribution is -0.134. The molecule has 1 unspecified atom stereocenters. The zero-order valence-electron chi connectivity index (χ0n) is 20.0. The first-order chi connectivity index (χ1) is 16.9. The molecular formula is C25H30N4O4S2. The highest BCUT2D eigenvalue weighted by molar-refractivity contribution is 7.89. The molecule has 8 nitrogen and oxygen atoms in total. The summed E-state index contributed by atoms with van der Waals surface area (Å²) in [4.78, 5) is 22.4. The minimum Gasteiger partial charge on any atom is -0.494 e. The number of nitrogens with zero attached hydrogens (tertiary/aromatic N) is 4. The fourth-order valence-corrected chi connectivity index (χ4v) is 7.43. The second-order valence-electron chi connectivity index (χ2n) is 8.96. The lowest BCUT2D eigenvalue weighted by Crippen LogP contribution is -2.54. The number of rotatable bonds is 6. The maximum absolute atomic E-state index is 13.4. The van der Waals surface area contributed by atoms with Gasteiger partial charge >= 0.3 is 0 Å². The van der Waals surface area contributed by atoms with Gasteiger partial charge in [0.25, 0.3) is 0 Å². The first-order valence-electron chi connectivity index (χ1n) is 12.0. The molecule has 1 amide bonds. The van der Waals surface area contributed by atoms with Crippen molar-refractivity contribution in [1.82, 2.24) is 14.2 Å². The summed E-state index contributed by atoms with van der Waals surface area (Å²) < 4.78 is 34.6. The molecule has 3 aromatic rings. The van der Waals surface area contributed by atoms with Gasteiger partial charge < -0.3 is 14.5 Å².